The summed E-state index contributed by atoms with van der Waals surface area (Å²) >= 11 is 0. The lowest BCUT2D eigenvalue weighted by molar-refractivity contribution is 0.209. The molecule has 1 atom stereocenters. The Kier molecular flexibility index (Phi) is 4.71. The molecule has 0 aliphatic rings. The van der Waals surface area contributed by atoms with Crippen molar-refractivity contribution in [3.63, 3.8) is 0 Å². The van der Waals surface area contributed by atoms with Crippen LogP contribution in [0.1, 0.15) is 18.9 Å². The maximum Gasteiger partial charge on any atom is 0.321 e. The first-order chi connectivity index (χ1) is 8.40. The van der Waals surface area contributed by atoms with Crippen LogP contribution < -0.4 is 11.1 Å². The van der Waals surface area contributed by atoms with E-state index in [2.05, 4.69) is 5.32 Å². The average molecular weight is 248 g/mol. The molecule has 0 fully saturated rings. The van der Waals surface area contributed by atoms with E-state index in [4.69, 9.17) is 11.1 Å². The van der Waals surface area contributed by atoms with E-state index in [1.165, 1.54) is 0 Å². The summed E-state index contributed by atoms with van der Waals surface area (Å²) < 4.78 is 0. The van der Waals surface area contributed by atoms with Crippen LogP contribution in [0.4, 0.5) is 10.5 Å². The highest BCUT2D eigenvalue weighted by Gasteiger charge is 2.16. The molecule has 0 saturated carbocycles. The van der Waals surface area contributed by atoms with Crippen molar-refractivity contribution >= 4 is 17.6 Å². The first kappa shape index (κ1) is 14.0. The third-order valence-corrected chi connectivity index (χ3v) is 2.80. The van der Waals surface area contributed by atoms with Gasteiger partial charge >= 0.3 is 6.03 Å². The first-order valence-electron chi connectivity index (χ1n) is 5.83. The predicted molar refractivity (Wildman–Crippen MR) is 74.0 cm³/mol. The number of urea groups is 1. The Balaban J connectivity index is 2.59. The van der Waals surface area contributed by atoms with Gasteiger partial charge in [0.05, 0.1) is 5.84 Å². The largest absolute Gasteiger partial charge is 0.388 e. The Morgan fingerprint density at radius 2 is 2.00 bits per heavy atom. The number of benzene rings is 1. The molecule has 0 bridgehead atoms. The van der Waals surface area contributed by atoms with Gasteiger partial charge in [-0.2, -0.15) is 0 Å². The summed E-state index contributed by atoms with van der Waals surface area (Å²) in [5, 5.41) is 10.0. The fraction of sp³-hybridized carbons (Fsp3) is 0.385. The molecule has 5 nitrogen and oxygen atoms in total. The fourth-order valence-electron chi connectivity index (χ4n) is 1.50. The summed E-state index contributed by atoms with van der Waals surface area (Å²) in [6.07, 6.45) is 0.373. The molecule has 0 radical (unpaired) electrons. The molecule has 2 amide bonds. The molecule has 0 aromatic heterocycles. The quantitative estimate of drug-likeness (QED) is 0.563. The van der Waals surface area contributed by atoms with Gasteiger partial charge in [-0.15, -0.1) is 0 Å². The van der Waals surface area contributed by atoms with Crippen molar-refractivity contribution in [3.8, 4) is 0 Å². The van der Waals surface area contributed by atoms with E-state index in [0.29, 0.717) is 6.42 Å². The molecule has 1 unspecified atom stereocenters. The summed E-state index contributed by atoms with van der Waals surface area (Å²) in [5.41, 5.74) is 7.23. The molecule has 1 aromatic rings. The smallest absolute Gasteiger partial charge is 0.321 e. The summed E-state index contributed by atoms with van der Waals surface area (Å²) in [6, 6.07) is 7.29. The lowest BCUT2D eigenvalue weighted by Crippen LogP contribution is -2.40. The highest BCUT2D eigenvalue weighted by molar-refractivity contribution is 5.89. The van der Waals surface area contributed by atoms with Gasteiger partial charge in [-0.05, 0) is 26.0 Å². The van der Waals surface area contributed by atoms with E-state index in [1.54, 1.807) is 11.9 Å². The van der Waals surface area contributed by atoms with Gasteiger partial charge in [0, 0.05) is 25.2 Å². The van der Waals surface area contributed by atoms with Gasteiger partial charge in [-0.1, -0.05) is 17.7 Å². The van der Waals surface area contributed by atoms with E-state index in [0.717, 1.165) is 11.3 Å². The van der Waals surface area contributed by atoms with E-state index < -0.39 is 0 Å². The number of hydrogen-bond acceptors (Lipinski definition) is 2. The minimum Gasteiger partial charge on any atom is -0.388 e. The SMILES string of the molecule is Cc1ccc(NC(=O)N(C)C(C)CC(=N)N)cc1. The van der Waals surface area contributed by atoms with Crippen molar-refractivity contribution in [2.75, 3.05) is 12.4 Å². The number of amidine groups is 1. The number of hydrogen-bond donors (Lipinski definition) is 3. The number of carbonyl (C=O) groups excluding carboxylic acids is 1. The van der Waals surface area contributed by atoms with E-state index in [-0.39, 0.29) is 17.9 Å². The van der Waals surface area contributed by atoms with Crippen LogP contribution in [0.25, 0.3) is 0 Å². The highest BCUT2D eigenvalue weighted by atomic mass is 16.2. The average Bonchev–Trinajstić information content (AvgIpc) is 2.30. The lowest BCUT2D eigenvalue weighted by atomic mass is 10.2. The Bertz CT molecular complexity index is 427. The van der Waals surface area contributed by atoms with E-state index in [1.807, 2.05) is 38.1 Å². The third-order valence-electron chi connectivity index (χ3n) is 2.80. The molecular formula is C13H20N4O. The Morgan fingerprint density at radius 3 is 2.50 bits per heavy atom. The lowest BCUT2D eigenvalue weighted by Gasteiger charge is -2.24. The Labute approximate surface area is 107 Å². The standard InChI is InChI=1S/C13H20N4O/c1-9-4-6-11(7-5-9)16-13(18)17(3)10(2)8-12(14)15/h4-7,10H,8H2,1-3H3,(H3,14,15)(H,16,18). The minimum atomic E-state index is -0.201. The topological polar surface area (TPSA) is 82.2 Å². The summed E-state index contributed by atoms with van der Waals surface area (Å²) in [5.74, 6) is 0.0810. The zero-order chi connectivity index (χ0) is 13.7. The van der Waals surface area contributed by atoms with E-state index >= 15 is 0 Å². The number of nitrogens with two attached hydrogens (primary N) is 1. The van der Waals surface area contributed by atoms with Crippen molar-refractivity contribution in [1.29, 1.82) is 5.41 Å². The second-order valence-electron chi connectivity index (χ2n) is 4.49. The molecule has 98 valence electrons. The van der Waals surface area contributed by atoms with Crippen LogP contribution in [0.3, 0.4) is 0 Å². The van der Waals surface area contributed by atoms with Crippen LogP contribution in [-0.4, -0.2) is 29.9 Å². The maximum absolute atomic E-state index is 11.9. The van der Waals surface area contributed by atoms with E-state index in [9.17, 15) is 4.79 Å². The molecule has 0 saturated heterocycles. The summed E-state index contributed by atoms with van der Waals surface area (Å²) in [6.45, 7) is 3.85. The number of anilines is 1. The number of aryl methyl sites for hydroxylation is 1. The molecule has 0 aliphatic heterocycles. The molecule has 0 heterocycles. The third kappa shape index (κ3) is 4.08. The summed E-state index contributed by atoms with van der Waals surface area (Å²) in [4.78, 5) is 13.5. The fourth-order valence-corrected chi connectivity index (χ4v) is 1.50. The molecule has 1 rings (SSSR count). The predicted octanol–water partition coefficient (Wildman–Crippen LogP) is 2.17. The second-order valence-corrected chi connectivity index (χ2v) is 4.49. The first-order valence-corrected chi connectivity index (χ1v) is 5.83. The number of carbonyl (C=O) groups is 1. The van der Waals surface area contributed by atoms with Gasteiger partial charge in [-0.25, -0.2) is 4.79 Å². The highest BCUT2D eigenvalue weighted by Crippen LogP contribution is 2.10. The molecule has 4 N–H and O–H groups in total. The molecular weight excluding hydrogens is 228 g/mol. The number of nitrogens with one attached hydrogen (secondary N) is 2. The summed E-state index contributed by atoms with van der Waals surface area (Å²) in [7, 11) is 1.69. The number of amides is 2. The van der Waals surface area contributed by atoms with Crippen molar-refractivity contribution in [2.24, 2.45) is 5.73 Å². The monoisotopic (exact) mass is 248 g/mol. The van der Waals surface area contributed by atoms with Gasteiger partial charge in [0.25, 0.3) is 0 Å². The van der Waals surface area contributed by atoms with Crippen LogP contribution >= 0.6 is 0 Å². The molecule has 1 aromatic carbocycles. The Morgan fingerprint density at radius 1 is 1.44 bits per heavy atom. The van der Waals surface area contributed by atoms with Gasteiger partial charge in [0.15, 0.2) is 0 Å². The zero-order valence-electron chi connectivity index (χ0n) is 11.0. The zero-order valence-corrected chi connectivity index (χ0v) is 11.0. The van der Waals surface area contributed by atoms with Gasteiger partial charge in [-0.3, -0.25) is 5.41 Å². The minimum absolute atomic E-state index is 0.0810. The van der Waals surface area contributed by atoms with Gasteiger partial charge in [0.2, 0.25) is 0 Å². The van der Waals surface area contributed by atoms with Gasteiger partial charge < -0.3 is 16.0 Å². The van der Waals surface area contributed by atoms with Crippen LogP contribution in [0, 0.1) is 12.3 Å². The molecule has 0 spiro atoms. The van der Waals surface area contributed by atoms with Crippen LogP contribution in [-0.2, 0) is 0 Å². The normalized spacial score (nSPS) is 11.7. The van der Waals surface area contributed by atoms with Crippen molar-refractivity contribution in [3.05, 3.63) is 29.8 Å². The molecule has 5 heteroatoms. The van der Waals surface area contributed by atoms with Crippen LogP contribution in [0.15, 0.2) is 24.3 Å². The van der Waals surface area contributed by atoms with Crippen LogP contribution in [0.5, 0.6) is 0 Å². The number of nitrogens with zero attached hydrogens (tertiary/aromatic N) is 1. The van der Waals surface area contributed by atoms with Gasteiger partial charge in [0.1, 0.15) is 0 Å². The second kappa shape index (κ2) is 6.05. The molecule has 18 heavy (non-hydrogen) atoms. The van der Waals surface area contributed by atoms with Crippen molar-refractivity contribution in [1.82, 2.24) is 4.90 Å². The van der Waals surface area contributed by atoms with Crippen molar-refractivity contribution < 1.29 is 4.79 Å². The van der Waals surface area contributed by atoms with Crippen LogP contribution in [0.2, 0.25) is 0 Å². The maximum atomic E-state index is 11.9. The number of rotatable bonds is 4. The Hall–Kier alpha value is -2.04. The van der Waals surface area contributed by atoms with Crippen molar-refractivity contribution in [2.45, 2.75) is 26.3 Å². The molecule has 0 aliphatic carbocycles.